The van der Waals surface area contributed by atoms with E-state index >= 15 is 0 Å². The molecular weight excluding hydrogens is 272 g/mol. The van der Waals surface area contributed by atoms with Crippen molar-refractivity contribution < 1.29 is 19.4 Å². The summed E-state index contributed by atoms with van der Waals surface area (Å²) in [4.78, 5) is 25.8. The van der Waals surface area contributed by atoms with Gasteiger partial charge in [0.25, 0.3) is 0 Å². The number of carboxylic acids is 1. The zero-order valence-corrected chi connectivity index (χ0v) is 13.4. The zero-order chi connectivity index (χ0) is 15.9. The Balaban J connectivity index is 2.80. The number of carbonyl (C=O) groups excluding carboxylic acids is 1. The van der Waals surface area contributed by atoms with E-state index in [1.165, 1.54) is 0 Å². The zero-order valence-electron chi connectivity index (χ0n) is 13.4. The van der Waals surface area contributed by atoms with E-state index < -0.39 is 11.5 Å². The Bertz CT molecular complexity index is 350. The molecule has 1 saturated carbocycles. The van der Waals surface area contributed by atoms with Crippen molar-refractivity contribution >= 4 is 12.0 Å². The second kappa shape index (κ2) is 8.22. The molecule has 6 heteroatoms. The van der Waals surface area contributed by atoms with E-state index in [4.69, 9.17) is 4.74 Å². The molecule has 0 spiro atoms. The van der Waals surface area contributed by atoms with E-state index in [2.05, 4.69) is 5.32 Å². The molecule has 0 aromatic carbocycles. The number of hydrogen-bond acceptors (Lipinski definition) is 3. The van der Waals surface area contributed by atoms with Crippen LogP contribution in [-0.4, -0.2) is 53.8 Å². The van der Waals surface area contributed by atoms with Gasteiger partial charge in [0.2, 0.25) is 0 Å². The molecule has 1 fully saturated rings. The van der Waals surface area contributed by atoms with Gasteiger partial charge in [0, 0.05) is 19.7 Å². The number of hydrogen-bond donors (Lipinski definition) is 2. The number of amides is 2. The maximum Gasteiger partial charge on any atom is 0.329 e. The normalized spacial score (nSPS) is 18.1. The highest BCUT2D eigenvalue weighted by molar-refractivity contribution is 5.86. The number of carboxylic acid groups (broad SMARTS) is 1. The lowest BCUT2D eigenvalue weighted by Crippen LogP contribution is -2.59. The second-order valence-corrected chi connectivity index (χ2v) is 6.01. The molecule has 0 aromatic heterocycles. The fraction of sp³-hybridized carbons (Fsp3) is 0.867. The minimum atomic E-state index is -1.12. The molecule has 0 bridgehead atoms. The first kappa shape index (κ1) is 17.8. The number of aliphatic carboxylic acids is 1. The summed E-state index contributed by atoms with van der Waals surface area (Å²) >= 11 is 0. The third kappa shape index (κ3) is 4.88. The van der Waals surface area contributed by atoms with E-state index in [1.807, 2.05) is 13.8 Å². The Morgan fingerprint density at radius 2 is 1.81 bits per heavy atom. The number of nitrogens with zero attached hydrogens (tertiary/aromatic N) is 1. The van der Waals surface area contributed by atoms with Crippen molar-refractivity contribution in [3.05, 3.63) is 0 Å². The molecule has 1 aliphatic rings. The van der Waals surface area contributed by atoms with Crippen LogP contribution in [0.15, 0.2) is 0 Å². The van der Waals surface area contributed by atoms with Crippen LogP contribution >= 0.6 is 0 Å². The largest absolute Gasteiger partial charge is 0.480 e. The third-order valence-electron chi connectivity index (χ3n) is 4.13. The summed E-state index contributed by atoms with van der Waals surface area (Å²) in [6.07, 6.45) is 4.75. The van der Waals surface area contributed by atoms with Gasteiger partial charge in [-0.15, -0.1) is 0 Å². The summed E-state index contributed by atoms with van der Waals surface area (Å²) in [5.41, 5.74) is -1.12. The fourth-order valence-corrected chi connectivity index (χ4v) is 2.78. The summed E-state index contributed by atoms with van der Waals surface area (Å²) in [5.74, 6) is -0.923. The van der Waals surface area contributed by atoms with Crippen molar-refractivity contribution in [3.63, 3.8) is 0 Å². The molecule has 1 rings (SSSR count). The summed E-state index contributed by atoms with van der Waals surface area (Å²) in [5, 5.41) is 12.4. The van der Waals surface area contributed by atoms with Crippen LogP contribution < -0.4 is 5.32 Å². The van der Waals surface area contributed by atoms with Crippen LogP contribution in [0.25, 0.3) is 0 Å². The summed E-state index contributed by atoms with van der Waals surface area (Å²) < 4.78 is 5.02. The first-order valence-corrected chi connectivity index (χ1v) is 7.74. The SMILES string of the molecule is COCCN(C(=O)NC1(C(=O)O)CCCCCC1)C(C)C. The number of methoxy groups -OCH3 is 1. The van der Waals surface area contributed by atoms with Gasteiger partial charge in [-0.25, -0.2) is 9.59 Å². The van der Waals surface area contributed by atoms with Gasteiger partial charge in [0.05, 0.1) is 6.61 Å². The minimum absolute atomic E-state index is 0.00299. The van der Waals surface area contributed by atoms with Crippen LogP contribution in [-0.2, 0) is 9.53 Å². The van der Waals surface area contributed by atoms with E-state index in [1.54, 1.807) is 12.0 Å². The van der Waals surface area contributed by atoms with E-state index in [0.717, 1.165) is 25.7 Å². The quantitative estimate of drug-likeness (QED) is 0.737. The Morgan fingerprint density at radius 1 is 1.24 bits per heavy atom. The van der Waals surface area contributed by atoms with Crippen LogP contribution in [0.1, 0.15) is 52.4 Å². The van der Waals surface area contributed by atoms with Crippen LogP contribution in [0, 0.1) is 0 Å². The third-order valence-corrected chi connectivity index (χ3v) is 4.13. The molecule has 122 valence electrons. The monoisotopic (exact) mass is 300 g/mol. The molecule has 0 heterocycles. The molecular formula is C15H28N2O4. The predicted molar refractivity (Wildman–Crippen MR) is 80.3 cm³/mol. The standard InChI is InChI=1S/C15H28N2O4/c1-12(2)17(10-11-21-3)14(20)16-15(13(18)19)8-6-4-5-7-9-15/h12H,4-11H2,1-3H3,(H,16,20)(H,18,19). The molecule has 1 aliphatic carbocycles. The summed E-state index contributed by atoms with van der Waals surface area (Å²) in [7, 11) is 1.58. The van der Waals surface area contributed by atoms with Gasteiger partial charge in [0.15, 0.2) is 0 Å². The van der Waals surface area contributed by atoms with E-state index in [9.17, 15) is 14.7 Å². The molecule has 2 amide bonds. The van der Waals surface area contributed by atoms with Gasteiger partial charge in [-0.05, 0) is 26.7 Å². The Hall–Kier alpha value is -1.30. The molecule has 2 N–H and O–H groups in total. The van der Waals surface area contributed by atoms with Gasteiger partial charge in [-0.1, -0.05) is 25.7 Å². The Labute approximate surface area is 126 Å². The van der Waals surface area contributed by atoms with Crippen LogP contribution in [0.2, 0.25) is 0 Å². The van der Waals surface area contributed by atoms with Gasteiger partial charge in [-0.2, -0.15) is 0 Å². The van der Waals surface area contributed by atoms with Crippen molar-refractivity contribution in [2.75, 3.05) is 20.3 Å². The van der Waals surface area contributed by atoms with Crippen molar-refractivity contribution in [2.45, 2.75) is 64.0 Å². The maximum atomic E-state index is 12.5. The number of nitrogens with one attached hydrogen (secondary N) is 1. The topological polar surface area (TPSA) is 78.9 Å². The van der Waals surface area contributed by atoms with E-state index in [-0.39, 0.29) is 12.1 Å². The number of urea groups is 1. The Morgan fingerprint density at radius 3 is 2.24 bits per heavy atom. The van der Waals surface area contributed by atoms with Gasteiger partial charge >= 0.3 is 12.0 Å². The van der Waals surface area contributed by atoms with E-state index in [0.29, 0.717) is 26.0 Å². The average molecular weight is 300 g/mol. The number of ether oxygens (including phenoxy) is 1. The van der Waals surface area contributed by atoms with Crippen molar-refractivity contribution in [2.24, 2.45) is 0 Å². The second-order valence-electron chi connectivity index (χ2n) is 6.01. The fourth-order valence-electron chi connectivity index (χ4n) is 2.78. The average Bonchev–Trinajstić information content (AvgIpc) is 2.65. The molecule has 21 heavy (non-hydrogen) atoms. The van der Waals surface area contributed by atoms with Crippen molar-refractivity contribution in [3.8, 4) is 0 Å². The first-order valence-electron chi connectivity index (χ1n) is 7.74. The van der Waals surface area contributed by atoms with Gasteiger partial charge < -0.3 is 20.1 Å². The minimum Gasteiger partial charge on any atom is -0.480 e. The van der Waals surface area contributed by atoms with Crippen LogP contribution in [0.5, 0.6) is 0 Å². The van der Waals surface area contributed by atoms with Crippen LogP contribution in [0.4, 0.5) is 4.79 Å². The molecule has 0 aromatic rings. The molecule has 0 atom stereocenters. The Kier molecular flexibility index (Phi) is 6.95. The lowest BCUT2D eigenvalue weighted by atomic mass is 9.90. The smallest absolute Gasteiger partial charge is 0.329 e. The lowest BCUT2D eigenvalue weighted by Gasteiger charge is -2.34. The molecule has 0 saturated heterocycles. The summed E-state index contributed by atoms with van der Waals surface area (Å²) in [6.45, 7) is 4.72. The predicted octanol–water partition coefficient (Wildman–Crippen LogP) is 2.23. The summed E-state index contributed by atoms with van der Waals surface area (Å²) in [6, 6.07) is -0.317. The molecule has 6 nitrogen and oxygen atoms in total. The molecule has 0 aliphatic heterocycles. The highest BCUT2D eigenvalue weighted by atomic mass is 16.5. The van der Waals surface area contributed by atoms with Gasteiger partial charge in [-0.3, -0.25) is 0 Å². The van der Waals surface area contributed by atoms with Crippen LogP contribution in [0.3, 0.4) is 0 Å². The molecule has 0 unspecified atom stereocenters. The molecule has 0 radical (unpaired) electrons. The van der Waals surface area contributed by atoms with Crippen molar-refractivity contribution in [1.82, 2.24) is 10.2 Å². The highest BCUT2D eigenvalue weighted by Gasteiger charge is 2.41. The van der Waals surface area contributed by atoms with Crippen molar-refractivity contribution in [1.29, 1.82) is 0 Å². The highest BCUT2D eigenvalue weighted by Crippen LogP contribution is 2.27. The lowest BCUT2D eigenvalue weighted by molar-refractivity contribution is -0.145. The number of rotatable bonds is 6. The van der Waals surface area contributed by atoms with Gasteiger partial charge in [0.1, 0.15) is 5.54 Å². The maximum absolute atomic E-state index is 12.5. The first-order chi connectivity index (χ1) is 9.93. The number of carbonyl (C=O) groups is 2.